The average Bonchev–Trinajstić information content (AvgIpc) is 2.80. The van der Waals surface area contributed by atoms with Gasteiger partial charge >= 0.3 is 5.69 Å². The van der Waals surface area contributed by atoms with Crippen molar-refractivity contribution in [3.8, 4) is 5.75 Å². The standard InChI is InChI=1S/C23H23N3O6S/c1-3-25(19-9-5-4-6-10-19)33(30,31)20-15-13-18(14-16-20)24-23(27)17(2)32-22-12-8-7-11-21(22)26(28)29/h4-17H,3H2,1-2H3,(H,24,27)/t17-/m1/s1. The molecule has 1 atom stereocenters. The van der Waals surface area contributed by atoms with E-state index < -0.39 is 27.0 Å². The second kappa shape index (κ2) is 10.1. The Kier molecular flexibility index (Phi) is 7.29. The third kappa shape index (κ3) is 5.47. The lowest BCUT2D eigenvalue weighted by atomic mass is 10.2. The van der Waals surface area contributed by atoms with Crippen LogP contribution in [0.3, 0.4) is 0 Å². The molecular formula is C23H23N3O6S. The number of ether oxygens (including phenoxy) is 1. The summed E-state index contributed by atoms with van der Waals surface area (Å²) >= 11 is 0. The molecule has 0 aliphatic heterocycles. The van der Waals surface area contributed by atoms with Crippen LogP contribution in [0, 0.1) is 10.1 Å². The number of benzene rings is 3. The zero-order chi connectivity index (χ0) is 24.0. The minimum Gasteiger partial charge on any atom is -0.474 e. The predicted molar refractivity (Wildman–Crippen MR) is 125 cm³/mol. The number of hydrogen-bond donors (Lipinski definition) is 1. The molecule has 0 aliphatic rings. The van der Waals surface area contributed by atoms with Crippen molar-refractivity contribution < 1.29 is 22.9 Å². The van der Waals surface area contributed by atoms with Gasteiger partial charge in [0.2, 0.25) is 0 Å². The fourth-order valence-corrected chi connectivity index (χ4v) is 4.59. The molecule has 3 aromatic rings. The fourth-order valence-electron chi connectivity index (χ4n) is 3.12. The van der Waals surface area contributed by atoms with Crippen molar-refractivity contribution >= 4 is 33.0 Å². The van der Waals surface area contributed by atoms with E-state index in [9.17, 15) is 23.3 Å². The third-order valence-electron chi connectivity index (χ3n) is 4.78. The second-order valence-corrected chi connectivity index (χ2v) is 8.87. The van der Waals surface area contributed by atoms with Crippen molar-refractivity contribution in [2.24, 2.45) is 0 Å². The van der Waals surface area contributed by atoms with E-state index in [4.69, 9.17) is 4.74 Å². The first-order valence-corrected chi connectivity index (χ1v) is 11.6. The molecule has 10 heteroatoms. The van der Waals surface area contributed by atoms with E-state index >= 15 is 0 Å². The zero-order valence-corrected chi connectivity index (χ0v) is 18.9. The number of nitrogens with one attached hydrogen (secondary N) is 1. The van der Waals surface area contributed by atoms with Crippen LogP contribution in [0.2, 0.25) is 0 Å². The molecule has 3 rings (SSSR count). The Morgan fingerprint density at radius 1 is 1.03 bits per heavy atom. The van der Waals surface area contributed by atoms with Gasteiger partial charge in [0.05, 0.1) is 15.5 Å². The molecule has 0 fully saturated rings. The van der Waals surface area contributed by atoms with Crippen LogP contribution in [0.15, 0.2) is 83.8 Å². The van der Waals surface area contributed by atoms with E-state index in [0.717, 1.165) is 0 Å². The van der Waals surface area contributed by atoms with Crippen molar-refractivity contribution in [2.45, 2.75) is 24.8 Å². The minimum atomic E-state index is -3.79. The number of anilines is 2. The number of para-hydroxylation sites is 3. The quantitative estimate of drug-likeness (QED) is 0.370. The van der Waals surface area contributed by atoms with E-state index in [2.05, 4.69) is 5.32 Å². The largest absolute Gasteiger partial charge is 0.474 e. The van der Waals surface area contributed by atoms with Gasteiger partial charge in [0.15, 0.2) is 11.9 Å². The summed E-state index contributed by atoms with van der Waals surface area (Å²) < 4.78 is 32.9. The molecule has 0 saturated heterocycles. The van der Waals surface area contributed by atoms with Crippen molar-refractivity contribution in [1.82, 2.24) is 0 Å². The smallest absolute Gasteiger partial charge is 0.310 e. The fraction of sp³-hybridized carbons (Fsp3) is 0.174. The summed E-state index contributed by atoms with van der Waals surface area (Å²) in [7, 11) is -3.79. The molecule has 0 aromatic heterocycles. The van der Waals surface area contributed by atoms with Crippen LogP contribution in [0.25, 0.3) is 0 Å². The lowest BCUT2D eigenvalue weighted by Gasteiger charge is -2.23. The first-order valence-electron chi connectivity index (χ1n) is 10.1. The van der Waals surface area contributed by atoms with Gasteiger partial charge in [-0.1, -0.05) is 30.3 Å². The van der Waals surface area contributed by atoms with Crippen LogP contribution >= 0.6 is 0 Å². The highest BCUT2D eigenvalue weighted by Gasteiger charge is 2.24. The van der Waals surface area contributed by atoms with Crippen LogP contribution < -0.4 is 14.4 Å². The molecule has 0 spiro atoms. The van der Waals surface area contributed by atoms with Gasteiger partial charge < -0.3 is 10.1 Å². The number of nitrogens with zero attached hydrogens (tertiary/aromatic N) is 2. The number of carbonyl (C=O) groups is 1. The SMILES string of the molecule is CCN(c1ccccc1)S(=O)(=O)c1ccc(NC(=O)[C@@H](C)Oc2ccccc2[N+](=O)[O-])cc1. The Morgan fingerprint density at radius 3 is 2.24 bits per heavy atom. The molecule has 1 amide bonds. The van der Waals surface area contributed by atoms with Crippen LogP contribution in [-0.2, 0) is 14.8 Å². The maximum Gasteiger partial charge on any atom is 0.310 e. The van der Waals surface area contributed by atoms with Crippen molar-refractivity contribution in [1.29, 1.82) is 0 Å². The van der Waals surface area contributed by atoms with Crippen molar-refractivity contribution in [2.75, 3.05) is 16.2 Å². The zero-order valence-electron chi connectivity index (χ0n) is 18.0. The maximum atomic E-state index is 13.1. The molecule has 0 saturated carbocycles. The van der Waals surface area contributed by atoms with Crippen molar-refractivity contribution in [3.05, 3.63) is 89.0 Å². The number of sulfonamides is 1. The van der Waals surface area contributed by atoms with Gasteiger partial charge in [-0.15, -0.1) is 0 Å². The summed E-state index contributed by atoms with van der Waals surface area (Å²) in [6.45, 7) is 3.47. The van der Waals surface area contributed by atoms with E-state index in [1.807, 2.05) is 6.07 Å². The van der Waals surface area contributed by atoms with Gasteiger partial charge in [-0.05, 0) is 56.3 Å². The molecule has 0 aliphatic carbocycles. The molecule has 0 heterocycles. The third-order valence-corrected chi connectivity index (χ3v) is 6.69. The molecule has 0 unspecified atom stereocenters. The molecule has 1 N–H and O–H groups in total. The summed E-state index contributed by atoms with van der Waals surface area (Å²) in [6, 6.07) is 20.3. The Morgan fingerprint density at radius 2 is 1.64 bits per heavy atom. The molecule has 33 heavy (non-hydrogen) atoms. The van der Waals surface area contributed by atoms with Crippen LogP contribution in [0.5, 0.6) is 5.75 Å². The molecule has 0 bridgehead atoms. The van der Waals surface area contributed by atoms with E-state index in [1.54, 1.807) is 37.3 Å². The van der Waals surface area contributed by atoms with Gasteiger partial charge in [0.1, 0.15) is 0 Å². The van der Waals surface area contributed by atoms with E-state index in [-0.39, 0.29) is 22.9 Å². The number of nitro groups is 1. The van der Waals surface area contributed by atoms with Gasteiger partial charge in [0.25, 0.3) is 15.9 Å². The number of amides is 1. The summed E-state index contributed by atoms with van der Waals surface area (Å²) in [5, 5.41) is 13.7. The molecule has 172 valence electrons. The van der Waals surface area contributed by atoms with Gasteiger partial charge in [0, 0.05) is 18.3 Å². The number of nitro benzene ring substituents is 1. The van der Waals surface area contributed by atoms with Gasteiger partial charge in [-0.3, -0.25) is 19.2 Å². The first kappa shape index (κ1) is 23.7. The highest BCUT2D eigenvalue weighted by atomic mass is 32.2. The molecule has 0 radical (unpaired) electrons. The number of hydrogen-bond acceptors (Lipinski definition) is 6. The lowest BCUT2D eigenvalue weighted by Crippen LogP contribution is -2.31. The summed E-state index contributed by atoms with van der Waals surface area (Å²) in [5.74, 6) is -0.560. The monoisotopic (exact) mass is 469 g/mol. The normalized spacial score (nSPS) is 11.9. The highest BCUT2D eigenvalue weighted by molar-refractivity contribution is 7.92. The second-order valence-electron chi connectivity index (χ2n) is 7.00. The summed E-state index contributed by atoms with van der Waals surface area (Å²) in [6.07, 6.45) is -1.02. The van der Waals surface area contributed by atoms with Crippen LogP contribution in [0.1, 0.15) is 13.8 Å². The average molecular weight is 470 g/mol. The van der Waals surface area contributed by atoms with Crippen LogP contribution in [0.4, 0.5) is 17.1 Å². The lowest BCUT2D eigenvalue weighted by molar-refractivity contribution is -0.386. The molecule has 9 nitrogen and oxygen atoms in total. The highest BCUT2D eigenvalue weighted by Crippen LogP contribution is 2.27. The number of carbonyl (C=O) groups excluding carboxylic acids is 1. The van der Waals surface area contributed by atoms with Gasteiger partial charge in [-0.2, -0.15) is 0 Å². The maximum absolute atomic E-state index is 13.1. The van der Waals surface area contributed by atoms with E-state index in [0.29, 0.717) is 11.4 Å². The molecule has 3 aromatic carbocycles. The van der Waals surface area contributed by atoms with E-state index in [1.165, 1.54) is 53.7 Å². The van der Waals surface area contributed by atoms with Crippen molar-refractivity contribution in [3.63, 3.8) is 0 Å². The Balaban J connectivity index is 1.71. The molecular weight excluding hydrogens is 446 g/mol. The Labute approximate surface area is 191 Å². The Hall–Kier alpha value is -3.92. The van der Waals surface area contributed by atoms with Gasteiger partial charge in [-0.25, -0.2) is 8.42 Å². The topological polar surface area (TPSA) is 119 Å². The number of rotatable bonds is 9. The first-order chi connectivity index (χ1) is 15.7. The summed E-state index contributed by atoms with van der Waals surface area (Å²) in [5.41, 5.74) is 0.670. The van der Waals surface area contributed by atoms with Crippen LogP contribution in [-0.4, -0.2) is 31.9 Å². The Bertz CT molecular complexity index is 1230. The minimum absolute atomic E-state index is 0.0211. The summed E-state index contributed by atoms with van der Waals surface area (Å²) in [4.78, 5) is 23.1. The predicted octanol–water partition coefficient (Wildman–Crippen LogP) is 4.22.